The highest BCUT2D eigenvalue weighted by molar-refractivity contribution is 14.0. The van der Waals surface area contributed by atoms with Crippen LogP contribution in [0.25, 0.3) is 0 Å². The number of nitrogens with zero attached hydrogens (tertiary/aromatic N) is 3. The Bertz CT molecular complexity index is 606. The molecule has 0 saturated carbocycles. The van der Waals surface area contributed by atoms with Crippen molar-refractivity contribution in [2.45, 2.75) is 39.8 Å². The van der Waals surface area contributed by atoms with Crippen molar-refractivity contribution < 1.29 is 0 Å². The Balaban J connectivity index is 0.00000242. The Kier molecular flexibility index (Phi) is 8.26. The zero-order chi connectivity index (χ0) is 15.2. The molecule has 0 atom stereocenters. The van der Waals surface area contributed by atoms with Gasteiger partial charge >= 0.3 is 0 Å². The maximum absolute atomic E-state index is 4.60. The van der Waals surface area contributed by atoms with E-state index in [1.807, 2.05) is 6.20 Å². The monoisotopic (exact) mass is 451 g/mol. The van der Waals surface area contributed by atoms with Crippen LogP contribution >= 0.6 is 46.7 Å². The number of halogens is 1. The van der Waals surface area contributed by atoms with Gasteiger partial charge in [-0.2, -0.15) is 0 Å². The molecule has 5 nitrogen and oxygen atoms in total. The third-order valence-corrected chi connectivity index (χ3v) is 4.91. The Hall–Kier alpha value is -0.740. The number of aliphatic imine (C=N–C) groups is 1. The molecule has 2 aromatic rings. The zero-order valence-electron chi connectivity index (χ0n) is 13.2. The maximum atomic E-state index is 4.60. The highest BCUT2D eigenvalue weighted by Crippen LogP contribution is 2.18. The first-order chi connectivity index (χ1) is 10.1. The van der Waals surface area contributed by atoms with E-state index in [1.165, 1.54) is 9.88 Å². The lowest BCUT2D eigenvalue weighted by atomic mass is 10.2. The first-order valence-electron chi connectivity index (χ1n) is 6.88. The summed E-state index contributed by atoms with van der Waals surface area (Å²) in [4.78, 5) is 14.4. The van der Waals surface area contributed by atoms with E-state index in [9.17, 15) is 0 Å². The minimum Gasteiger partial charge on any atom is -0.351 e. The van der Waals surface area contributed by atoms with E-state index in [4.69, 9.17) is 0 Å². The normalized spacial score (nSPS) is 11.4. The van der Waals surface area contributed by atoms with Gasteiger partial charge in [-0.1, -0.05) is 13.8 Å². The summed E-state index contributed by atoms with van der Waals surface area (Å²) >= 11 is 3.40. The summed E-state index contributed by atoms with van der Waals surface area (Å²) in [5.74, 6) is 1.25. The molecule has 0 amide bonds. The van der Waals surface area contributed by atoms with Crippen molar-refractivity contribution in [2.24, 2.45) is 4.99 Å². The number of aryl methyl sites for hydroxylation is 1. The predicted molar refractivity (Wildman–Crippen MR) is 106 cm³/mol. The van der Waals surface area contributed by atoms with E-state index in [1.54, 1.807) is 29.7 Å². The van der Waals surface area contributed by atoms with Crippen LogP contribution in [0.2, 0.25) is 0 Å². The fourth-order valence-electron chi connectivity index (χ4n) is 1.71. The van der Waals surface area contributed by atoms with Crippen LogP contribution in [-0.2, 0) is 13.1 Å². The fourth-order valence-corrected chi connectivity index (χ4v) is 3.27. The smallest absolute Gasteiger partial charge is 0.191 e. The molecule has 0 radical (unpaired) electrons. The molecule has 2 rings (SSSR count). The molecule has 0 aliphatic heterocycles. The molecule has 0 aromatic carbocycles. The molecule has 8 heteroatoms. The fraction of sp³-hybridized carbons (Fsp3) is 0.500. The summed E-state index contributed by atoms with van der Waals surface area (Å²) in [6, 6.07) is 0. The molecule has 0 spiro atoms. The van der Waals surface area contributed by atoms with Crippen molar-refractivity contribution in [1.82, 2.24) is 20.6 Å². The molecule has 2 N–H and O–H groups in total. The van der Waals surface area contributed by atoms with Gasteiger partial charge in [-0.05, 0) is 6.92 Å². The van der Waals surface area contributed by atoms with Crippen molar-refractivity contribution in [1.29, 1.82) is 0 Å². The third-order valence-electron chi connectivity index (χ3n) is 2.80. The van der Waals surface area contributed by atoms with Crippen LogP contribution in [0.1, 0.15) is 40.4 Å². The first kappa shape index (κ1) is 19.3. The van der Waals surface area contributed by atoms with E-state index < -0.39 is 0 Å². The van der Waals surface area contributed by atoms with E-state index in [-0.39, 0.29) is 24.0 Å². The quantitative estimate of drug-likeness (QED) is 0.415. The van der Waals surface area contributed by atoms with E-state index in [2.05, 4.69) is 51.7 Å². The van der Waals surface area contributed by atoms with Gasteiger partial charge in [-0.25, -0.2) is 9.97 Å². The van der Waals surface area contributed by atoms with Crippen LogP contribution in [0.5, 0.6) is 0 Å². The number of hydrogen-bond acceptors (Lipinski definition) is 5. The second kappa shape index (κ2) is 9.41. The van der Waals surface area contributed by atoms with Crippen LogP contribution < -0.4 is 10.6 Å². The van der Waals surface area contributed by atoms with Gasteiger partial charge in [0.1, 0.15) is 5.01 Å². The average Bonchev–Trinajstić information content (AvgIpc) is 3.08. The van der Waals surface area contributed by atoms with Gasteiger partial charge in [0.2, 0.25) is 0 Å². The van der Waals surface area contributed by atoms with Gasteiger partial charge in [-0.3, -0.25) is 4.99 Å². The number of aromatic nitrogens is 2. The lowest BCUT2D eigenvalue weighted by Crippen LogP contribution is -2.36. The molecule has 122 valence electrons. The standard InChI is InChI=1S/C14H21N5S2.HI/c1-9(2)13-19-11(8-20-13)6-17-14(15-4)18-7-12-16-5-10(3)21-12;/h5,8-9H,6-7H2,1-4H3,(H2,15,17,18);1H. The first-order valence-corrected chi connectivity index (χ1v) is 8.58. The van der Waals surface area contributed by atoms with Crippen molar-refractivity contribution in [3.05, 3.63) is 32.2 Å². The summed E-state index contributed by atoms with van der Waals surface area (Å²) in [5, 5.41) is 10.9. The van der Waals surface area contributed by atoms with E-state index in [0.717, 1.165) is 16.7 Å². The number of rotatable bonds is 5. The predicted octanol–water partition coefficient (Wildman–Crippen LogP) is 3.51. The highest BCUT2D eigenvalue weighted by atomic mass is 127. The number of nitrogens with one attached hydrogen (secondary N) is 2. The highest BCUT2D eigenvalue weighted by Gasteiger charge is 2.07. The molecular formula is C14H22IN5S2. The number of guanidine groups is 1. The molecule has 22 heavy (non-hydrogen) atoms. The second-order valence-corrected chi connectivity index (χ2v) is 7.18. The van der Waals surface area contributed by atoms with Crippen molar-refractivity contribution in [2.75, 3.05) is 7.05 Å². The molecule has 2 heterocycles. The van der Waals surface area contributed by atoms with E-state index >= 15 is 0 Å². The Morgan fingerprint density at radius 3 is 2.59 bits per heavy atom. The SMILES string of the molecule is CN=C(NCc1csc(C(C)C)n1)NCc1ncc(C)s1.I. The lowest BCUT2D eigenvalue weighted by molar-refractivity contribution is 0.781. The molecule has 0 aliphatic rings. The maximum Gasteiger partial charge on any atom is 0.191 e. The molecule has 0 aliphatic carbocycles. The van der Waals surface area contributed by atoms with Gasteiger partial charge in [-0.15, -0.1) is 46.7 Å². The van der Waals surface area contributed by atoms with Crippen molar-refractivity contribution >= 4 is 52.6 Å². The second-order valence-electron chi connectivity index (χ2n) is 4.98. The minimum absolute atomic E-state index is 0. The van der Waals surface area contributed by atoms with Gasteiger partial charge in [0.15, 0.2) is 5.96 Å². The number of thiazole rings is 2. The Morgan fingerprint density at radius 1 is 1.32 bits per heavy atom. The van der Waals surface area contributed by atoms with Gasteiger partial charge in [0.25, 0.3) is 0 Å². The minimum atomic E-state index is 0. The van der Waals surface area contributed by atoms with Crippen molar-refractivity contribution in [3.63, 3.8) is 0 Å². The Morgan fingerprint density at radius 2 is 2.05 bits per heavy atom. The van der Waals surface area contributed by atoms with Crippen LogP contribution in [0, 0.1) is 6.92 Å². The van der Waals surface area contributed by atoms with Crippen LogP contribution in [0.15, 0.2) is 16.6 Å². The largest absolute Gasteiger partial charge is 0.351 e. The van der Waals surface area contributed by atoms with Crippen LogP contribution in [0.3, 0.4) is 0 Å². The molecule has 0 unspecified atom stereocenters. The molecular weight excluding hydrogens is 429 g/mol. The van der Waals surface area contributed by atoms with Gasteiger partial charge < -0.3 is 10.6 Å². The van der Waals surface area contributed by atoms with Crippen molar-refractivity contribution in [3.8, 4) is 0 Å². The third kappa shape index (κ3) is 5.81. The summed E-state index contributed by atoms with van der Waals surface area (Å²) < 4.78 is 0. The van der Waals surface area contributed by atoms with Crippen LogP contribution in [-0.4, -0.2) is 23.0 Å². The molecule has 0 saturated heterocycles. The summed E-state index contributed by atoms with van der Waals surface area (Å²) in [5.41, 5.74) is 1.05. The lowest BCUT2D eigenvalue weighted by Gasteiger charge is -2.09. The van der Waals surface area contributed by atoms with Gasteiger partial charge in [0, 0.05) is 29.4 Å². The Labute approximate surface area is 156 Å². The van der Waals surface area contributed by atoms with E-state index in [0.29, 0.717) is 19.0 Å². The topological polar surface area (TPSA) is 62.2 Å². The van der Waals surface area contributed by atoms with Gasteiger partial charge in [0.05, 0.1) is 23.8 Å². The molecule has 2 aromatic heterocycles. The molecule has 0 fully saturated rings. The number of hydrogen-bond donors (Lipinski definition) is 2. The zero-order valence-corrected chi connectivity index (χ0v) is 17.2. The summed E-state index contributed by atoms with van der Waals surface area (Å²) in [6.07, 6.45) is 1.89. The average molecular weight is 451 g/mol. The molecule has 0 bridgehead atoms. The van der Waals surface area contributed by atoms with Crippen LogP contribution in [0.4, 0.5) is 0 Å². The summed E-state index contributed by atoms with van der Waals surface area (Å²) in [7, 11) is 1.77. The summed E-state index contributed by atoms with van der Waals surface area (Å²) in [6.45, 7) is 7.74.